The van der Waals surface area contributed by atoms with Gasteiger partial charge in [0, 0.05) is 12.6 Å². The van der Waals surface area contributed by atoms with E-state index in [9.17, 15) is 0 Å². The van der Waals surface area contributed by atoms with Gasteiger partial charge in [-0.3, -0.25) is 4.68 Å². The summed E-state index contributed by atoms with van der Waals surface area (Å²) in [6.07, 6.45) is 1.87. The first-order valence-corrected chi connectivity index (χ1v) is 5.30. The van der Waals surface area contributed by atoms with E-state index < -0.39 is 0 Å². The number of hydrogen-bond acceptors (Lipinski definition) is 3. The van der Waals surface area contributed by atoms with Gasteiger partial charge in [-0.1, -0.05) is 31.2 Å². The molecule has 0 spiro atoms. The van der Waals surface area contributed by atoms with Gasteiger partial charge in [-0.2, -0.15) is 0 Å². The molecule has 16 heavy (non-hydrogen) atoms. The average molecular weight is 219 g/mol. The van der Waals surface area contributed by atoms with E-state index >= 15 is 0 Å². The van der Waals surface area contributed by atoms with Crippen LogP contribution in [0.5, 0.6) is 5.75 Å². The Hall–Kier alpha value is -1.84. The highest BCUT2D eigenvalue weighted by Gasteiger charge is 2.02. The van der Waals surface area contributed by atoms with Crippen molar-refractivity contribution in [3.05, 3.63) is 30.5 Å². The second-order valence-electron chi connectivity index (χ2n) is 3.01. The van der Waals surface area contributed by atoms with Crippen molar-refractivity contribution in [2.45, 2.75) is 13.8 Å². The summed E-state index contributed by atoms with van der Waals surface area (Å²) in [5.74, 6) is 0.827. The summed E-state index contributed by atoms with van der Waals surface area (Å²) < 4.78 is 6.80. The van der Waals surface area contributed by atoms with Crippen molar-refractivity contribution < 1.29 is 4.74 Å². The summed E-state index contributed by atoms with van der Waals surface area (Å²) >= 11 is 0. The van der Waals surface area contributed by atoms with Crippen molar-refractivity contribution in [1.29, 1.82) is 0 Å². The molecule has 1 aromatic heterocycles. The minimum Gasteiger partial charge on any atom is -0.497 e. The first-order chi connectivity index (χ1) is 7.79. The Bertz CT molecular complexity index is 437. The van der Waals surface area contributed by atoms with Gasteiger partial charge in [0.15, 0.2) is 0 Å². The smallest absolute Gasteiger partial charge is 0.119 e. The Labute approximate surface area is 95.9 Å². The molecule has 86 valence electrons. The van der Waals surface area contributed by atoms with E-state index in [1.54, 1.807) is 11.8 Å². The Morgan fingerprint density at radius 2 is 2.00 bits per heavy atom. The van der Waals surface area contributed by atoms with Crippen molar-refractivity contribution in [3.8, 4) is 17.0 Å². The fraction of sp³-hybridized carbons (Fsp3) is 0.333. The van der Waals surface area contributed by atoms with Crippen LogP contribution >= 0.6 is 0 Å². The van der Waals surface area contributed by atoms with E-state index in [0.29, 0.717) is 0 Å². The first kappa shape index (κ1) is 12.2. The third kappa shape index (κ3) is 2.82. The molecule has 0 atom stereocenters. The molecular weight excluding hydrogens is 202 g/mol. The maximum absolute atomic E-state index is 5.13. The van der Waals surface area contributed by atoms with Crippen LogP contribution in [0.25, 0.3) is 11.3 Å². The molecule has 1 heterocycles. The van der Waals surface area contributed by atoms with Crippen LogP contribution in [-0.4, -0.2) is 22.1 Å². The SMILES string of the molecule is CC.COc1cccc(-c2cn(C)nn2)c1. The predicted molar refractivity (Wildman–Crippen MR) is 64.3 cm³/mol. The van der Waals surface area contributed by atoms with Gasteiger partial charge in [0.1, 0.15) is 11.4 Å². The number of rotatable bonds is 2. The van der Waals surface area contributed by atoms with E-state index in [1.165, 1.54) is 0 Å². The second kappa shape index (κ2) is 5.90. The average Bonchev–Trinajstić information content (AvgIpc) is 2.79. The number of nitrogens with zero attached hydrogens (tertiary/aromatic N) is 3. The lowest BCUT2D eigenvalue weighted by atomic mass is 10.1. The highest BCUT2D eigenvalue weighted by Crippen LogP contribution is 2.20. The van der Waals surface area contributed by atoms with E-state index in [1.807, 2.05) is 51.4 Å². The quantitative estimate of drug-likeness (QED) is 0.779. The van der Waals surface area contributed by atoms with Crippen molar-refractivity contribution in [2.75, 3.05) is 7.11 Å². The van der Waals surface area contributed by atoms with Crippen LogP contribution in [0.15, 0.2) is 30.5 Å². The normalized spacial score (nSPS) is 9.25. The van der Waals surface area contributed by atoms with Gasteiger partial charge in [-0.15, -0.1) is 5.10 Å². The van der Waals surface area contributed by atoms with Gasteiger partial charge in [0.2, 0.25) is 0 Å². The van der Waals surface area contributed by atoms with Gasteiger partial charge in [-0.05, 0) is 12.1 Å². The van der Waals surface area contributed by atoms with Crippen LogP contribution in [0.3, 0.4) is 0 Å². The zero-order valence-corrected chi connectivity index (χ0v) is 10.1. The monoisotopic (exact) mass is 219 g/mol. The molecule has 0 unspecified atom stereocenters. The van der Waals surface area contributed by atoms with Gasteiger partial charge >= 0.3 is 0 Å². The molecule has 2 aromatic rings. The number of hydrogen-bond donors (Lipinski definition) is 0. The van der Waals surface area contributed by atoms with E-state index in [4.69, 9.17) is 4.74 Å². The van der Waals surface area contributed by atoms with Crippen molar-refractivity contribution >= 4 is 0 Å². The maximum atomic E-state index is 5.13. The molecular formula is C12H17N3O. The minimum absolute atomic E-state index is 0.827. The number of ether oxygens (including phenoxy) is 1. The topological polar surface area (TPSA) is 39.9 Å². The Morgan fingerprint density at radius 1 is 1.25 bits per heavy atom. The van der Waals surface area contributed by atoms with E-state index in [2.05, 4.69) is 10.3 Å². The van der Waals surface area contributed by atoms with Crippen LogP contribution in [0, 0.1) is 0 Å². The van der Waals surface area contributed by atoms with E-state index in [-0.39, 0.29) is 0 Å². The van der Waals surface area contributed by atoms with Gasteiger partial charge in [0.25, 0.3) is 0 Å². The molecule has 0 fully saturated rings. The van der Waals surface area contributed by atoms with Crippen molar-refractivity contribution in [1.82, 2.24) is 15.0 Å². The molecule has 0 bridgehead atoms. The summed E-state index contributed by atoms with van der Waals surface area (Å²) in [4.78, 5) is 0. The number of aryl methyl sites for hydroxylation is 1. The molecule has 0 saturated carbocycles. The van der Waals surface area contributed by atoms with Crippen LogP contribution < -0.4 is 4.74 Å². The summed E-state index contributed by atoms with van der Waals surface area (Å²) in [6, 6.07) is 7.75. The largest absolute Gasteiger partial charge is 0.497 e. The van der Waals surface area contributed by atoms with Crippen LogP contribution in [0.2, 0.25) is 0 Å². The van der Waals surface area contributed by atoms with Crippen LogP contribution in [-0.2, 0) is 7.05 Å². The first-order valence-electron chi connectivity index (χ1n) is 5.30. The van der Waals surface area contributed by atoms with Crippen molar-refractivity contribution in [2.24, 2.45) is 7.05 Å². The highest BCUT2D eigenvalue weighted by molar-refractivity contribution is 5.59. The molecule has 0 saturated heterocycles. The zero-order valence-electron chi connectivity index (χ0n) is 10.1. The molecule has 0 N–H and O–H groups in total. The fourth-order valence-corrected chi connectivity index (χ4v) is 1.26. The Morgan fingerprint density at radius 3 is 2.56 bits per heavy atom. The van der Waals surface area contributed by atoms with Gasteiger partial charge < -0.3 is 4.74 Å². The lowest BCUT2D eigenvalue weighted by Gasteiger charge is -2.00. The molecule has 0 aliphatic heterocycles. The molecule has 0 aliphatic rings. The Kier molecular flexibility index (Phi) is 4.51. The third-order valence-electron chi connectivity index (χ3n) is 1.97. The Balaban J connectivity index is 0.000000606. The molecule has 0 amide bonds. The second-order valence-corrected chi connectivity index (χ2v) is 3.01. The number of benzene rings is 1. The summed E-state index contributed by atoms with van der Waals surface area (Å²) in [5.41, 5.74) is 1.86. The molecule has 4 heteroatoms. The van der Waals surface area contributed by atoms with Gasteiger partial charge in [0.05, 0.1) is 13.3 Å². The maximum Gasteiger partial charge on any atom is 0.119 e. The number of methoxy groups -OCH3 is 1. The van der Waals surface area contributed by atoms with Crippen LogP contribution in [0.4, 0.5) is 0 Å². The van der Waals surface area contributed by atoms with Gasteiger partial charge in [-0.25, -0.2) is 0 Å². The number of aromatic nitrogens is 3. The molecule has 4 nitrogen and oxygen atoms in total. The third-order valence-corrected chi connectivity index (χ3v) is 1.97. The lowest BCUT2D eigenvalue weighted by molar-refractivity contribution is 0.415. The molecule has 0 aliphatic carbocycles. The van der Waals surface area contributed by atoms with Crippen molar-refractivity contribution in [3.63, 3.8) is 0 Å². The summed E-state index contributed by atoms with van der Waals surface area (Å²) in [6.45, 7) is 4.00. The highest BCUT2D eigenvalue weighted by atomic mass is 16.5. The predicted octanol–water partition coefficient (Wildman–Crippen LogP) is 2.52. The molecule has 2 rings (SSSR count). The standard InChI is InChI=1S/C10H11N3O.C2H6/c1-13-7-10(11-12-13)8-4-3-5-9(6-8)14-2;1-2/h3-7H,1-2H3;1-2H3. The zero-order chi connectivity index (χ0) is 12.0. The summed E-state index contributed by atoms with van der Waals surface area (Å²) in [7, 11) is 3.49. The summed E-state index contributed by atoms with van der Waals surface area (Å²) in [5, 5.41) is 7.89. The lowest BCUT2D eigenvalue weighted by Crippen LogP contribution is -1.85. The fourth-order valence-electron chi connectivity index (χ4n) is 1.26. The van der Waals surface area contributed by atoms with E-state index in [0.717, 1.165) is 17.0 Å². The molecule has 0 radical (unpaired) electrons. The van der Waals surface area contributed by atoms with Crippen LogP contribution in [0.1, 0.15) is 13.8 Å². The minimum atomic E-state index is 0.827. The molecule has 1 aromatic carbocycles.